The Hall–Kier alpha value is -6.27. The minimum absolute atomic E-state index is 0.140. The number of nitrogens with zero attached hydrogens (tertiary/aromatic N) is 2. The second-order valence-corrected chi connectivity index (χ2v) is 19.1. The van der Waals surface area contributed by atoms with Gasteiger partial charge >= 0.3 is 0 Å². The Morgan fingerprint density at radius 2 is 0.836 bits per heavy atom. The Kier molecular flexibility index (Phi) is 13.5. The van der Waals surface area contributed by atoms with Gasteiger partial charge in [-0.3, -0.25) is 9.98 Å². The Balaban J connectivity index is 1.41. The summed E-state index contributed by atoms with van der Waals surface area (Å²) in [5.41, 5.74) is 8.58. The van der Waals surface area contributed by atoms with Crippen LogP contribution < -0.4 is 0 Å². The molecular formula is C56H56N2O2S. The molecule has 6 rings (SSSR count). The molecule has 0 fully saturated rings. The molecule has 0 saturated carbocycles. The van der Waals surface area contributed by atoms with Crippen LogP contribution in [-0.2, 0) is 16.2 Å². The molecule has 61 heavy (non-hydrogen) atoms. The summed E-state index contributed by atoms with van der Waals surface area (Å²) in [5.74, 6) is 13.5. The molecule has 5 heteroatoms. The van der Waals surface area contributed by atoms with E-state index in [0.29, 0.717) is 11.1 Å². The van der Waals surface area contributed by atoms with Gasteiger partial charge in [-0.2, -0.15) is 0 Å². The van der Waals surface area contributed by atoms with Crippen LogP contribution in [0.4, 0.5) is 0 Å². The van der Waals surface area contributed by atoms with Crippen molar-refractivity contribution < 1.29 is 10.2 Å². The highest BCUT2D eigenvalue weighted by Crippen LogP contribution is 2.40. The van der Waals surface area contributed by atoms with E-state index in [-0.39, 0.29) is 27.7 Å². The number of phenolic OH excluding ortho intramolecular Hbond substituents is 2. The van der Waals surface area contributed by atoms with Gasteiger partial charge in [0, 0.05) is 61.8 Å². The van der Waals surface area contributed by atoms with Crippen LogP contribution in [0.15, 0.2) is 148 Å². The number of aliphatic imine (C=N–C) groups is 2. The van der Waals surface area contributed by atoms with Crippen LogP contribution in [0.5, 0.6) is 11.5 Å². The van der Waals surface area contributed by atoms with Gasteiger partial charge in [-0.05, 0) is 99.7 Å². The van der Waals surface area contributed by atoms with Crippen LogP contribution in [-0.4, -0.2) is 22.6 Å². The molecule has 2 atom stereocenters. The topological polar surface area (TPSA) is 65.2 Å². The average molecular weight is 821 g/mol. The number of hydrogen-bond donors (Lipinski definition) is 3. The highest BCUT2D eigenvalue weighted by atomic mass is 32.1. The summed E-state index contributed by atoms with van der Waals surface area (Å²) in [6.45, 7) is 19.1. The van der Waals surface area contributed by atoms with Crippen molar-refractivity contribution in [3.63, 3.8) is 0 Å². The third-order valence-corrected chi connectivity index (χ3v) is 10.8. The van der Waals surface area contributed by atoms with E-state index < -0.39 is 12.1 Å². The Bertz CT molecular complexity index is 2650. The number of hydrogen-bond acceptors (Lipinski definition) is 5. The van der Waals surface area contributed by atoms with Gasteiger partial charge in [0.05, 0.1) is 0 Å². The molecule has 4 nitrogen and oxygen atoms in total. The summed E-state index contributed by atoms with van der Waals surface area (Å²) in [5, 5.41) is 23.5. The van der Waals surface area contributed by atoms with Crippen LogP contribution in [0.2, 0.25) is 0 Å². The summed E-state index contributed by atoms with van der Waals surface area (Å²) in [6.07, 6.45) is 3.56. The third kappa shape index (κ3) is 11.5. The Morgan fingerprint density at radius 1 is 0.459 bits per heavy atom. The molecule has 308 valence electrons. The highest BCUT2D eigenvalue weighted by molar-refractivity contribution is 7.80. The number of phenols is 2. The zero-order valence-corrected chi connectivity index (χ0v) is 37.6. The minimum Gasteiger partial charge on any atom is -0.507 e. The van der Waals surface area contributed by atoms with Gasteiger partial charge in [-0.25, -0.2) is 0 Å². The average Bonchev–Trinajstić information content (AvgIpc) is 3.22. The molecule has 0 heterocycles. The molecule has 2 N–H and O–H groups in total. The van der Waals surface area contributed by atoms with Crippen LogP contribution >= 0.6 is 12.6 Å². The van der Waals surface area contributed by atoms with Crippen LogP contribution in [0.1, 0.15) is 136 Å². The van der Waals surface area contributed by atoms with Crippen molar-refractivity contribution in [2.45, 2.75) is 95.5 Å². The molecular weight excluding hydrogens is 765 g/mol. The molecule has 0 aliphatic heterocycles. The van der Waals surface area contributed by atoms with Gasteiger partial charge < -0.3 is 10.2 Å². The van der Waals surface area contributed by atoms with E-state index in [4.69, 9.17) is 9.98 Å². The minimum atomic E-state index is -0.480. The highest BCUT2D eigenvalue weighted by Gasteiger charge is 2.27. The summed E-state index contributed by atoms with van der Waals surface area (Å²) < 4.78 is 0. The Labute approximate surface area is 369 Å². The number of benzene rings is 6. The van der Waals surface area contributed by atoms with E-state index in [1.54, 1.807) is 12.4 Å². The van der Waals surface area contributed by atoms with Gasteiger partial charge in [0.1, 0.15) is 23.6 Å². The fourth-order valence-corrected chi connectivity index (χ4v) is 7.10. The molecule has 0 aliphatic rings. The largest absolute Gasteiger partial charge is 0.507 e. The number of thiol groups is 1. The van der Waals surface area contributed by atoms with Gasteiger partial charge in [-0.1, -0.05) is 153 Å². The fraction of sp³-hybridized carbons (Fsp3) is 0.250. The molecule has 0 amide bonds. The monoisotopic (exact) mass is 820 g/mol. The zero-order valence-electron chi connectivity index (χ0n) is 36.7. The van der Waals surface area contributed by atoms with Gasteiger partial charge in [0.2, 0.25) is 0 Å². The van der Waals surface area contributed by atoms with E-state index in [0.717, 1.165) is 55.0 Å². The zero-order chi connectivity index (χ0) is 44.0. The quantitative estimate of drug-likeness (QED) is 0.0853. The first-order valence-corrected chi connectivity index (χ1v) is 21.2. The van der Waals surface area contributed by atoms with Crippen LogP contribution in [0.3, 0.4) is 0 Å². The SMILES string of the molecule is CC(C)(C)c1cc(C=N[C@@H](c2ccccc2)[C@@H](N=Cc2cc(C#Cc3ccc(C#Cc4ccc(S)cc4)cc3)cc(C(C)(C)C)c2O)c2ccccc2)c(O)c(C(C)(C)C)c1. The second-order valence-electron chi connectivity index (χ2n) is 18.6. The van der Waals surface area contributed by atoms with Crippen molar-refractivity contribution >= 4 is 25.1 Å². The third-order valence-electron chi connectivity index (χ3n) is 10.5. The van der Waals surface area contributed by atoms with E-state index in [2.05, 4.69) is 129 Å². The van der Waals surface area contributed by atoms with E-state index in [1.165, 1.54) is 0 Å². The summed E-state index contributed by atoms with van der Waals surface area (Å²) in [4.78, 5) is 11.4. The van der Waals surface area contributed by atoms with Gasteiger partial charge in [0.25, 0.3) is 0 Å². The Morgan fingerprint density at radius 3 is 1.25 bits per heavy atom. The lowest BCUT2D eigenvalue weighted by Crippen LogP contribution is -2.17. The first-order chi connectivity index (χ1) is 28.9. The normalized spacial score (nSPS) is 13.0. The fourth-order valence-electron chi connectivity index (χ4n) is 6.95. The van der Waals surface area contributed by atoms with Crippen LogP contribution in [0, 0.1) is 23.7 Å². The maximum atomic E-state index is 11.8. The molecule has 0 bridgehead atoms. The maximum Gasteiger partial charge on any atom is 0.128 e. The van der Waals surface area contributed by atoms with Gasteiger partial charge in [-0.15, -0.1) is 12.6 Å². The van der Waals surface area contributed by atoms with Crippen molar-refractivity contribution in [2.24, 2.45) is 9.98 Å². The summed E-state index contributed by atoms with van der Waals surface area (Å²) in [7, 11) is 0. The predicted octanol–water partition coefficient (Wildman–Crippen LogP) is 13.1. The number of rotatable bonds is 7. The summed E-state index contributed by atoms with van der Waals surface area (Å²) in [6, 6.07) is 43.0. The number of aromatic hydroxyl groups is 2. The summed E-state index contributed by atoms with van der Waals surface area (Å²) >= 11 is 4.36. The molecule has 0 saturated heterocycles. The van der Waals surface area contributed by atoms with E-state index in [9.17, 15) is 10.2 Å². The smallest absolute Gasteiger partial charge is 0.128 e. The first kappa shape index (κ1) is 44.3. The lowest BCUT2D eigenvalue weighted by Gasteiger charge is -2.27. The molecule has 0 spiro atoms. The van der Waals surface area contributed by atoms with Crippen molar-refractivity contribution in [3.8, 4) is 35.2 Å². The van der Waals surface area contributed by atoms with Crippen LogP contribution in [0.25, 0.3) is 0 Å². The molecule has 0 unspecified atom stereocenters. The molecule has 6 aromatic rings. The van der Waals surface area contributed by atoms with Crippen molar-refractivity contribution in [2.75, 3.05) is 0 Å². The van der Waals surface area contributed by atoms with Crippen molar-refractivity contribution in [1.82, 2.24) is 0 Å². The van der Waals surface area contributed by atoms with Crippen molar-refractivity contribution in [3.05, 3.63) is 195 Å². The van der Waals surface area contributed by atoms with Crippen molar-refractivity contribution in [1.29, 1.82) is 0 Å². The lowest BCUT2D eigenvalue weighted by atomic mass is 9.79. The molecule has 0 aliphatic carbocycles. The van der Waals surface area contributed by atoms with E-state index >= 15 is 0 Å². The second kappa shape index (κ2) is 18.6. The van der Waals surface area contributed by atoms with E-state index in [1.807, 2.05) is 103 Å². The van der Waals surface area contributed by atoms with Gasteiger partial charge in [0.15, 0.2) is 0 Å². The first-order valence-electron chi connectivity index (χ1n) is 20.7. The molecule has 0 aromatic heterocycles. The molecule has 6 aromatic carbocycles. The standard InChI is InChI=1S/C56H56N2O2S/c1-54(2,3)46-34-45(53(60)49(35-46)56(7,8)9)37-58-51(43-18-14-11-15-19-43)50(42-16-12-10-13-17-42)57-36-44-32-41(33-48(52(44)59)55(4,5)6)27-26-39-22-20-38(21-23-39)24-25-40-28-30-47(61)31-29-40/h10-23,28-37,50-51,59-61H,1-9H3/t50-,51-/m0/s1. The predicted molar refractivity (Wildman–Crippen MR) is 258 cm³/mol. The lowest BCUT2D eigenvalue weighted by molar-refractivity contribution is 0.443. The molecule has 0 radical (unpaired) electrons. The maximum absolute atomic E-state index is 11.8.